The standard InChI is InChI=1S/C32H41N3O7/c1-2-41-31-25(14-18-39-20-21-40-19-17-36)26(23-8-4-3-5-9-23)22-29(42-31)30(37)34-15-12-24(13-16-34)35-28-11-7-6-10-27(28)33-32(35)38/h3-11,22,24-26,31,36H,2,12-21H2,1H3,(H,33,38)/t25-,26+,31+/m1/s1. The van der Waals surface area contributed by atoms with Crippen molar-refractivity contribution >= 4 is 16.9 Å². The van der Waals surface area contributed by atoms with Crippen LogP contribution in [0.3, 0.4) is 0 Å². The third-order valence-electron chi connectivity index (χ3n) is 8.06. The van der Waals surface area contributed by atoms with Gasteiger partial charge in [0.05, 0.1) is 37.5 Å². The van der Waals surface area contributed by atoms with Gasteiger partial charge in [-0.3, -0.25) is 9.36 Å². The van der Waals surface area contributed by atoms with E-state index in [-0.39, 0.29) is 36.1 Å². The highest BCUT2D eigenvalue weighted by Gasteiger charge is 2.39. The minimum Gasteiger partial charge on any atom is -0.459 e. The zero-order valence-corrected chi connectivity index (χ0v) is 24.2. The third-order valence-corrected chi connectivity index (χ3v) is 8.06. The maximum absolute atomic E-state index is 13.8. The van der Waals surface area contributed by atoms with Crippen LogP contribution in [0.5, 0.6) is 0 Å². The summed E-state index contributed by atoms with van der Waals surface area (Å²) in [6.07, 6.45) is 3.38. The van der Waals surface area contributed by atoms with Gasteiger partial charge in [-0.1, -0.05) is 42.5 Å². The highest BCUT2D eigenvalue weighted by Crippen LogP contribution is 2.39. The van der Waals surface area contributed by atoms with Crippen molar-refractivity contribution in [1.29, 1.82) is 0 Å². The number of H-pyrrole nitrogens is 1. The number of nitrogens with zero attached hydrogens (tertiary/aromatic N) is 2. The summed E-state index contributed by atoms with van der Waals surface area (Å²) in [5.74, 6) is 0.00875. The number of benzene rings is 2. The van der Waals surface area contributed by atoms with Gasteiger partial charge in [-0.05, 0) is 50.0 Å². The van der Waals surface area contributed by atoms with Gasteiger partial charge in [-0.25, -0.2) is 4.79 Å². The highest BCUT2D eigenvalue weighted by atomic mass is 16.7. The summed E-state index contributed by atoms with van der Waals surface area (Å²) in [7, 11) is 0. The number of likely N-dealkylation sites (tertiary alicyclic amines) is 1. The average Bonchev–Trinajstić information content (AvgIpc) is 3.36. The average molecular weight is 580 g/mol. The number of hydrogen-bond donors (Lipinski definition) is 2. The number of ether oxygens (including phenoxy) is 4. The topological polar surface area (TPSA) is 115 Å². The monoisotopic (exact) mass is 579 g/mol. The van der Waals surface area contributed by atoms with E-state index >= 15 is 0 Å². The Labute approximate surface area is 245 Å². The molecule has 10 nitrogen and oxygen atoms in total. The van der Waals surface area contributed by atoms with Crippen molar-refractivity contribution in [1.82, 2.24) is 14.5 Å². The quantitative estimate of drug-likeness (QED) is 0.298. The number of fused-ring (bicyclic) bond motifs is 1. The molecule has 3 atom stereocenters. The SMILES string of the molecule is CCO[C@H]1OC(C(=O)N2CCC(n3c(=O)[nH]c4ccccc43)CC2)=C[C@@H](c2ccccc2)[C@H]1CCOCCOCCO. The number of aromatic amines is 1. The van der Waals surface area contributed by atoms with Crippen LogP contribution in [0.4, 0.5) is 0 Å². The molecule has 0 spiro atoms. The predicted molar refractivity (Wildman–Crippen MR) is 158 cm³/mol. The van der Waals surface area contributed by atoms with Gasteiger partial charge in [0.1, 0.15) is 0 Å². The molecule has 1 amide bonds. The number of allylic oxidation sites excluding steroid dienone is 1. The van der Waals surface area contributed by atoms with Crippen LogP contribution in [-0.4, -0.2) is 84.5 Å². The van der Waals surface area contributed by atoms with Crippen LogP contribution >= 0.6 is 0 Å². The largest absolute Gasteiger partial charge is 0.459 e. The van der Waals surface area contributed by atoms with Crippen molar-refractivity contribution in [3.63, 3.8) is 0 Å². The molecule has 0 aliphatic carbocycles. The van der Waals surface area contributed by atoms with Crippen LogP contribution in [0.2, 0.25) is 0 Å². The van der Waals surface area contributed by atoms with E-state index in [1.54, 1.807) is 0 Å². The van der Waals surface area contributed by atoms with Crippen LogP contribution in [0.25, 0.3) is 11.0 Å². The minimum atomic E-state index is -0.597. The van der Waals surface area contributed by atoms with Gasteiger partial charge in [0.15, 0.2) is 5.76 Å². The maximum atomic E-state index is 13.8. The summed E-state index contributed by atoms with van der Waals surface area (Å²) < 4.78 is 25.2. The Bertz CT molecular complexity index is 1380. The Balaban J connectivity index is 1.29. The van der Waals surface area contributed by atoms with Gasteiger partial charge in [-0.15, -0.1) is 0 Å². The predicted octanol–water partition coefficient (Wildman–Crippen LogP) is 3.59. The molecule has 2 aliphatic rings. The summed E-state index contributed by atoms with van der Waals surface area (Å²) in [6.45, 7) is 5.05. The molecule has 0 bridgehead atoms. The molecule has 2 aliphatic heterocycles. The molecule has 1 aromatic heterocycles. The number of amides is 1. The van der Waals surface area contributed by atoms with E-state index in [9.17, 15) is 9.59 Å². The van der Waals surface area contributed by atoms with Crippen LogP contribution in [0.1, 0.15) is 43.7 Å². The van der Waals surface area contributed by atoms with Crippen molar-refractivity contribution < 1.29 is 28.8 Å². The Morgan fingerprint density at radius 2 is 1.71 bits per heavy atom. The maximum Gasteiger partial charge on any atom is 0.326 e. The first kappa shape index (κ1) is 30.0. The van der Waals surface area contributed by atoms with Crippen LogP contribution < -0.4 is 5.69 Å². The molecule has 1 fully saturated rings. The number of aromatic nitrogens is 2. The number of imidazole rings is 1. The number of aliphatic hydroxyl groups is 1. The molecular weight excluding hydrogens is 538 g/mol. The molecule has 0 saturated carbocycles. The minimum absolute atomic E-state index is 0.0102. The van der Waals surface area contributed by atoms with Crippen molar-refractivity contribution in [3.8, 4) is 0 Å². The molecule has 226 valence electrons. The van der Waals surface area contributed by atoms with Crippen molar-refractivity contribution in [3.05, 3.63) is 82.5 Å². The molecular formula is C32H41N3O7. The third kappa shape index (κ3) is 6.95. The first-order chi connectivity index (χ1) is 20.6. The van der Waals surface area contributed by atoms with Gasteiger partial charge in [0.25, 0.3) is 5.91 Å². The molecule has 0 radical (unpaired) electrons. The molecule has 0 unspecified atom stereocenters. The summed E-state index contributed by atoms with van der Waals surface area (Å²) >= 11 is 0. The lowest BCUT2D eigenvalue weighted by molar-refractivity contribution is -0.172. The molecule has 2 aromatic carbocycles. The zero-order valence-electron chi connectivity index (χ0n) is 24.2. The van der Waals surface area contributed by atoms with Crippen molar-refractivity contribution in [2.24, 2.45) is 5.92 Å². The molecule has 10 heteroatoms. The summed E-state index contributed by atoms with van der Waals surface area (Å²) in [5, 5.41) is 8.86. The van der Waals surface area contributed by atoms with Crippen LogP contribution in [0.15, 0.2) is 71.2 Å². The molecule has 3 heterocycles. The number of carbonyl (C=O) groups is 1. The molecule has 5 rings (SSSR count). The Morgan fingerprint density at radius 1 is 1.00 bits per heavy atom. The number of aliphatic hydroxyl groups excluding tert-OH is 1. The second-order valence-electron chi connectivity index (χ2n) is 10.7. The second-order valence-corrected chi connectivity index (χ2v) is 10.7. The number of hydrogen-bond acceptors (Lipinski definition) is 7. The van der Waals surface area contributed by atoms with E-state index in [1.807, 2.05) is 64.9 Å². The Hall–Kier alpha value is -3.44. The van der Waals surface area contributed by atoms with E-state index in [0.29, 0.717) is 71.1 Å². The van der Waals surface area contributed by atoms with Gasteiger partial charge in [-0.2, -0.15) is 0 Å². The number of nitrogens with one attached hydrogen (secondary N) is 1. The van der Waals surface area contributed by atoms with Crippen molar-refractivity contribution in [2.45, 2.75) is 44.4 Å². The van der Waals surface area contributed by atoms with E-state index in [4.69, 9.17) is 24.1 Å². The fourth-order valence-corrected chi connectivity index (χ4v) is 6.01. The van der Waals surface area contributed by atoms with Crippen molar-refractivity contribution in [2.75, 3.05) is 52.7 Å². The summed E-state index contributed by atoms with van der Waals surface area (Å²) in [5.41, 5.74) is 2.69. The van der Waals surface area contributed by atoms with E-state index in [0.717, 1.165) is 16.6 Å². The van der Waals surface area contributed by atoms with Crippen LogP contribution in [0, 0.1) is 5.92 Å². The second kappa shape index (κ2) is 14.6. The fourth-order valence-electron chi connectivity index (χ4n) is 6.01. The Kier molecular flexibility index (Phi) is 10.5. The number of para-hydroxylation sites is 2. The number of carbonyl (C=O) groups excluding carboxylic acids is 1. The normalized spacial score (nSPS) is 21.3. The van der Waals surface area contributed by atoms with E-state index < -0.39 is 6.29 Å². The lowest BCUT2D eigenvalue weighted by atomic mass is 9.81. The Morgan fingerprint density at radius 3 is 2.45 bits per heavy atom. The molecule has 2 N–H and O–H groups in total. The van der Waals surface area contributed by atoms with Gasteiger partial charge >= 0.3 is 5.69 Å². The first-order valence-electron chi connectivity index (χ1n) is 14.9. The summed E-state index contributed by atoms with van der Waals surface area (Å²) in [4.78, 5) is 31.3. The van der Waals surface area contributed by atoms with Gasteiger partial charge < -0.3 is 33.9 Å². The molecule has 1 saturated heterocycles. The smallest absolute Gasteiger partial charge is 0.326 e. The zero-order chi connectivity index (χ0) is 29.3. The fraction of sp³-hybridized carbons (Fsp3) is 0.500. The van der Waals surface area contributed by atoms with Crippen LogP contribution in [-0.2, 0) is 23.7 Å². The van der Waals surface area contributed by atoms with E-state index in [2.05, 4.69) is 17.1 Å². The van der Waals surface area contributed by atoms with E-state index in [1.165, 1.54) is 0 Å². The summed E-state index contributed by atoms with van der Waals surface area (Å²) in [6, 6.07) is 17.8. The van der Waals surface area contributed by atoms with Gasteiger partial charge in [0.2, 0.25) is 6.29 Å². The van der Waals surface area contributed by atoms with Gasteiger partial charge in [0, 0.05) is 44.2 Å². The highest BCUT2D eigenvalue weighted by molar-refractivity contribution is 5.92. The lowest BCUT2D eigenvalue weighted by Gasteiger charge is -2.39. The first-order valence-corrected chi connectivity index (χ1v) is 14.9. The number of piperidine rings is 1. The molecule has 42 heavy (non-hydrogen) atoms. The number of rotatable bonds is 13. The lowest BCUT2D eigenvalue weighted by Crippen LogP contribution is -2.44. The molecule has 3 aromatic rings.